The summed E-state index contributed by atoms with van der Waals surface area (Å²) in [6.45, 7) is 0. The zero-order valence-electron chi connectivity index (χ0n) is 13.3. The molecule has 2 aliphatic rings. The van der Waals surface area contributed by atoms with Crippen LogP contribution >= 0.6 is 0 Å². The lowest BCUT2D eigenvalue weighted by molar-refractivity contribution is 0.451. The van der Waals surface area contributed by atoms with Crippen LogP contribution in [0.3, 0.4) is 0 Å². The van der Waals surface area contributed by atoms with Crippen molar-refractivity contribution in [2.45, 2.75) is 0 Å². The third-order valence-electron chi connectivity index (χ3n) is 3.69. The van der Waals surface area contributed by atoms with Crippen LogP contribution in [0, 0.1) is 9.56 Å². The molecule has 0 bridgehead atoms. The van der Waals surface area contributed by atoms with Gasteiger partial charge >= 0.3 is 0 Å². The van der Waals surface area contributed by atoms with Crippen LogP contribution in [0.25, 0.3) is 0 Å². The van der Waals surface area contributed by atoms with Crippen LogP contribution in [0.1, 0.15) is 0 Å². The predicted octanol–water partition coefficient (Wildman–Crippen LogP) is 4.39. The Morgan fingerprint density at radius 1 is 0.577 bits per heavy atom. The lowest BCUT2D eigenvalue weighted by Gasteiger charge is -2.17. The Hall–Kier alpha value is -3.10. The van der Waals surface area contributed by atoms with Crippen LogP contribution in [0.4, 0.5) is 11.4 Å². The second kappa shape index (κ2) is 7.85. The maximum atomic E-state index is 5.92. The molecule has 0 radical (unpaired) electrons. The van der Waals surface area contributed by atoms with E-state index in [0.717, 1.165) is 33.6 Å². The Bertz CT molecular complexity index is 1000. The van der Waals surface area contributed by atoms with Crippen LogP contribution in [0.5, 0.6) is 23.0 Å². The molecule has 2 heterocycles. The van der Waals surface area contributed by atoms with Crippen LogP contribution in [-0.4, -0.2) is 0 Å². The number of fused-ring (bicyclic) bond motifs is 4. The van der Waals surface area contributed by atoms with Crippen molar-refractivity contribution in [1.82, 2.24) is 0 Å². The van der Waals surface area contributed by atoms with Gasteiger partial charge in [-0.3, -0.25) is 0 Å². The van der Waals surface area contributed by atoms with Crippen molar-refractivity contribution in [3.8, 4) is 23.0 Å². The minimum atomic E-state index is 0.698. The fourth-order valence-corrected chi connectivity index (χ4v) is 2.64. The van der Waals surface area contributed by atoms with E-state index < -0.39 is 0 Å². The van der Waals surface area contributed by atoms with Gasteiger partial charge in [0.25, 0.3) is 0 Å². The van der Waals surface area contributed by atoms with Gasteiger partial charge in [0.05, 0.1) is 0 Å². The SMILES string of the molecule is N=S.N=S.c1ccc2c(c1)N=c1cc3c(cc1O2)=Nc1ccccc1O3. The molecule has 26 heavy (non-hydrogen) atoms. The molecule has 2 aliphatic heterocycles. The summed E-state index contributed by atoms with van der Waals surface area (Å²) < 4.78 is 22.5. The maximum Gasteiger partial charge on any atom is 0.155 e. The summed E-state index contributed by atoms with van der Waals surface area (Å²) in [6, 6.07) is 19.2. The highest BCUT2D eigenvalue weighted by Gasteiger charge is 2.17. The highest BCUT2D eigenvalue weighted by Crippen LogP contribution is 2.36. The van der Waals surface area contributed by atoms with E-state index in [2.05, 4.69) is 34.8 Å². The largest absolute Gasteiger partial charge is 0.453 e. The third-order valence-corrected chi connectivity index (χ3v) is 3.69. The van der Waals surface area contributed by atoms with Crippen molar-refractivity contribution >= 4 is 36.2 Å². The molecular weight excluding hydrogens is 368 g/mol. The Morgan fingerprint density at radius 2 is 0.962 bits per heavy atom. The Morgan fingerprint density at radius 3 is 1.38 bits per heavy atom. The van der Waals surface area contributed by atoms with Crippen LogP contribution in [-0.2, 0) is 24.9 Å². The van der Waals surface area contributed by atoms with Gasteiger partial charge in [0.2, 0.25) is 0 Å². The summed E-state index contributed by atoms with van der Waals surface area (Å²) in [4.78, 5) is 9.25. The number of benzene rings is 3. The molecule has 2 N–H and O–H groups in total. The van der Waals surface area contributed by atoms with E-state index in [1.165, 1.54) is 0 Å². The van der Waals surface area contributed by atoms with Crippen LogP contribution in [0.15, 0.2) is 70.6 Å². The van der Waals surface area contributed by atoms with E-state index in [1.807, 2.05) is 60.7 Å². The zero-order chi connectivity index (χ0) is 18.5. The quantitative estimate of drug-likeness (QED) is 0.417. The van der Waals surface area contributed by atoms with Crippen molar-refractivity contribution in [3.05, 3.63) is 71.4 Å². The van der Waals surface area contributed by atoms with Crippen molar-refractivity contribution in [1.29, 1.82) is 9.56 Å². The second-order valence-electron chi connectivity index (χ2n) is 5.15. The summed E-state index contributed by atoms with van der Waals surface area (Å²) in [5.41, 5.74) is 1.64. The van der Waals surface area contributed by atoms with Gasteiger partial charge in [0, 0.05) is 37.0 Å². The number of hydrogen-bond acceptors (Lipinski definition) is 8. The molecule has 0 amide bonds. The van der Waals surface area contributed by atoms with E-state index in [0.29, 0.717) is 11.5 Å². The molecule has 3 aromatic rings. The van der Waals surface area contributed by atoms with Gasteiger partial charge in [-0.25, -0.2) is 19.5 Å². The molecule has 0 unspecified atom stereocenters. The smallest absolute Gasteiger partial charge is 0.155 e. The molecule has 5 rings (SSSR count). The van der Waals surface area contributed by atoms with Crippen LogP contribution < -0.4 is 20.2 Å². The number of nitrogens with zero attached hydrogens (tertiary/aromatic N) is 2. The lowest BCUT2D eigenvalue weighted by Crippen LogP contribution is -2.18. The Balaban J connectivity index is 0.000000461. The molecule has 6 nitrogen and oxygen atoms in total. The minimum absolute atomic E-state index is 0.698. The number of hydrogen-bond donors (Lipinski definition) is 2. The summed E-state index contributed by atoms with van der Waals surface area (Å²) in [5, 5.41) is 1.51. The summed E-state index contributed by atoms with van der Waals surface area (Å²) in [7, 11) is 0. The van der Waals surface area contributed by atoms with Gasteiger partial charge < -0.3 is 9.47 Å². The number of para-hydroxylation sites is 4. The first-order valence-corrected chi connectivity index (χ1v) is 8.25. The molecule has 0 atom stereocenters. The fraction of sp³-hybridized carbons (Fsp3) is 0. The molecule has 8 heteroatoms. The fourth-order valence-electron chi connectivity index (χ4n) is 2.64. The predicted molar refractivity (Wildman–Crippen MR) is 101 cm³/mol. The first kappa shape index (κ1) is 17.7. The second-order valence-corrected chi connectivity index (χ2v) is 5.15. The summed E-state index contributed by atoms with van der Waals surface area (Å²) >= 11 is 6.67. The van der Waals surface area contributed by atoms with Gasteiger partial charge in [-0.1, -0.05) is 24.3 Å². The summed E-state index contributed by atoms with van der Waals surface area (Å²) in [5.74, 6) is 2.91. The molecule has 3 aromatic carbocycles. The number of nitrogens with one attached hydrogen (secondary N) is 2. The van der Waals surface area contributed by atoms with Gasteiger partial charge in [-0.2, -0.15) is 0 Å². The molecular formula is C18H12N4O2S2. The van der Waals surface area contributed by atoms with E-state index in [9.17, 15) is 0 Å². The van der Waals surface area contributed by atoms with E-state index in [4.69, 9.17) is 19.0 Å². The topological polar surface area (TPSA) is 90.9 Å². The lowest BCUT2D eigenvalue weighted by atomic mass is 10.2. The van der Waals surface area contributed by atoms with Gasteiger partial charge in [0.15, 0.2) is 23.0 Å². The van der Waals surface area contributed by atoms with E-state index in [-0.39, 0.29) is 0 Å². The molecule has 128 valence electrons. The highest BCUT2D eigenvalue weighted by atomic mass is 32.1. The van der Waals surface area contributed by atoms with Crippen molar-refractivity contribution in [3.63, 3.8) is 0 Å². The van der Waals surface area contributed by atoms with Crippen molar-refractivity contribution < 1.29 is 9.47 Å². The molecule has 0 fully saturated rings. The zero-order valence-corrected chi connectivity index (χ0v) is 14.9. The normalized spacial score (nSPS) is 11.4. The minimum Gasteiger partial charge on any atom is -0.453 e. The monoisotopic (exact) mass is 380 g/mol. The average Bonchev–Trinajstić information content (AvgIpc) is 2.72. The Labute approximate surface area is 159 Å². The standard InChI is InChI=1S/C18H10N2O2.2HNS/c1-3-7-15-11(5-1)19-13-9-18-14(10-17(13)21-15)20-12-6-2-4-8-16(12)22-18;2*1-2/h1-10H;2*1H. The molecule has 0 saturated heterocycles. The van der Waals surface area contributed by atoms with Gasteiger partial charge in [-0.15, -0.1) is 0 Å². The highest BCUT2D eigenvalue weighted by molar-refractivity contribution is 7.45. The van der Waals surface area contributed by atoms with E-state index >= 15 is 0 Å². The van der Waals surface area contributed by atoms with Gasteiger partial charge in [0.1, 0.15) is 22.1 Å². The third kappa shape index (κ3) is 3.19. The average molecular weight is 380 g/mol. The Kier molecular flexibility index (Phi) is 5.35. The van der Waals surface area contributed by atoms with E-state index in [1.54, 1.807) is 0 Å². The number of rotatable bonds is 0. The van der Waals surface area contributed by atoms with Crippen molar-refractivity contribution in [2.24, 2.45) is 9.98 Å². The molecule has 0 aliphatic carbocycles. The summed E-state index contributed by atoms with van der Waals surface area (Å²) in [6.07, 6.45) is 0. The molecule has 0 spiro atoms. The number of ether oxygens (including phenoxy) is 2. The first-order chi connectivity index (χ1) is 12.9. The molecule has 0 saturated carbocycles. The van der Waals surface area contributed by atoms with Crippen molar-refractivity contribution in [2.75, 3.05) is 0 Å². The van der Waals surface area contributed by atoms with Gasteiger partial charge in [-0.05, 0) is 24.3 Å². The van der Waals surface area contributed by atoms with Crippen LogP contribution in [0.2, 0.25) is 0 Å². The first-order valence-electron chi connectivity index (χ1n) is 7.43. The molecule has 0 aromatic heterocycles. The maximum absolute atomic E-state index is 5.92.